The van der Waals surface area contributed by atoms with Gasteiger partial charge in [0.25, 0.3) is 5.91 Å². The number of hydrogen-bond donors (Lipinski definition) is 1. The van der Waals surface area contributed by atoms with Crippen LogP contribution in [0.2, 0.25) is 0 Å². The molecule has 26 heavy (non-hydrogen) atoms. The first-order chi connectivity index (χ1) is 12.5. The SMILES string of the molecule is COc1ccc([C@H]2[C@@H]3CN(C(=O)C4(O)CCCCC4)C[C@@H]3CN2C)cc1. The van der Waals surface area contributed by atoms with Gasteiger partial charge in [0.15, 0.2) is 0 Å². The highest BCUT2D eigenvalue weighted by atomic mass is 16.5. The highest BCUT2D eigenvalue weighted by Crippen LogP contribution is 2.45. The van der Waals surface area contributed by atoms with Crippen LogP contribution in [0.3, 0.4) is 0 Å². The zero-order valence-electron chi connectivity index (χ0n) is 15.9. The fraction of sp³-hybridized carbons (Fsp3) is 0.667. The quantitative estimate of drug-likeness (QED) is 0.902. The number of carbonyl (C=O) groups is 1. The Morgan fingerprint density at radius 3 is 2.46 bits per heavy atom. The Labute approximate surface area is 155 Å². The summed E-state index contributed by atoms with van der Waals surface area (Å²) in [6, 6.07) is 8.63. The van der Waals surface area contributed by atoms with Crippen molar-refractivity contribution in [3.05, 3.63) is 29.8 Å². The molecule has 0 aromatic heterocycles. The van der Waals surface area contributed by atoms with Crippen molar-refractivity contribution in [2.75, 3.05) is 33.8 Å². The van der Waals surface area contributed by atoms with Gasteiger partial charge < -0.3 is 14.7 Å². The van der Waals surface area contributed by atoms with Crippen LogP contribution in [0.15, 0.2) is 24.3 Å². The van der Waals surface area contributed by atoms with Crippen molar-refractivity contribution in [2.45, 2.75) is 43.7 Å². The Morgan fingerprint density at radius 1 is 1.12 bits per heavy atom. The van der Waals surface area contributed by atoms with Gasteiger partial charge in [-0.3, -0.25) is 9.69 Å². The summed E-state index contributed by atoms with van der Waals surface area (Å²) < 4.78 is 5.28. The summed E-state index contributed by atoms with van der Waals surface area (Å²) in [6.45, 7) is 2.54. The minimum atomic E-state index is -1.11. The van der Waals surface area contributed by atoms with Crippen LogP contribution < -0.4 is 4.74 Å². The highest BCUT2D eigenvalue weighted by molar-refractivity contribution is 5.85. The van der Waals surface area contributed by atoms with Crippen LogP contribution in [0.5, 0.6) is 5.75 Å². The zero-order chi connectivity index (χ0) is 18.3. The number of hydrogen-bond acceptors (Lipinski definition) is 4. The number of fused-ring (bicyclic) bond motifs is 1. The van der Waals surface area contributed by atoms with Gasteiger partial charge in [-0.15, -0.1) is 0 Å². The summed E-state index contributed by atoms with van der Waals surface area (Å²) in [5.41, 5.74) is 0.171. The Hall–Kier alpha value is -1.59. The maximum atomic E-state index is 13.0. The average Bonchev–Trinajstić information content (AvgIpc) is 3.18. The van der Waals surface area contributed by atoms with Crippen LogP contribution in [0.1, 0.15) is 43.7 Å². The van der Waals surface area contributed by atoms with E-state index >= 15 is 0 Å². The highest BCUT2D eigenvalue weighted by Gasteiger charge is 2.50. The second-order valence-electron chi connectivity index (χ2n) is 8.38. The molecule has 5 heteroatoms. The first kappa shape index (κ1) is 17.8. The van der Waals surface area contributed by atoms with Crippen LogP contribution in [-0.4, -0.2) is 60.2 Å². The molecule has 1 N–H and O–H groups in total. The zero-order valence-corrected chi connectivity index (χ0v) is 15.9. The normalized spacial score (nSPS) is 31.0. The van der Waals surface area contributed by atoms with Crippen molar-refractivity contribution in [3.8, 4) is 5.75 Å². The lowest BCUT2D eigenvalue weighted by Crippen LogP contribution is -2.50. The van der Waals surface area contributed by atoms with Gasteiger partial charge in [0.05, 0.1) is 7.11 Å². The second kappa shape index (κ2) is 6.86. The van der Waals surface area contributed by atoms with Crippen LogP contribution >= 0.6 is 0 Å². The summed E-state index contributed by atoms with van der Waals surface area (Å²) >= 11 is 0. The van der Waals surface area contributed by atoms with Gasteiger partial charge in [-0.25, -0.2) is 0 Å². The first-order valence-corrected chi connectivity index (χ1v) is 9.88. The number of benzene rings is 1. The molecule has 3 atom stereocenters. The molecule has 3 fully saturated rings. The van der Waals surface area contributed by atoms with Crippen molar-refractivity contribution < 1.29 is 14.6 Å². The molecule has 0 radical (unpaired) electrons. The van der Waals surface area contributed by atoms with E-state index in [2.05, 4.69) is 24.1 Å². The van der Waals surface area contributed by atoms with E-state index < -0.39 is 5.60 Å². The third-order valence-corrected chi connectivity index (χ3v) is 6.72. The summed E-state index contributed by atoms with van der Waals surface area (Å²) in [4.78, 5) is 17.4. The summed E-state index contributed by atoms with van der Waals surface area (Å²) in [7, 11) is 3.86. The predicted octanol–water partition coefficient (Wildman–Crippen LogP) is 2.45. The molecule has 1 aromatic rings. The standard InChI is InChI=1S/C21H30N2O3/c1-22-12-16-13-23(20(24)21(25)10-4-3-5-11-21)14-18(16)19(22)15-6-8-17(26-2)9-7-15/h6-9,16,18-19,25H,3-5,10-14H2,1-2H3/t16-,18+,19-/m0/s1. The van der Waals surface area contributed by atoms with Crippen molar-refractivity contribution in [1.82, 2.24) is 9.80 Å². The molecular formula is C21H30N2O3. The summed E-state index contributed by atoms with van der Waals surface area (Å²) in [5.74, 6) is 1.77. The molecule has 2 aliphatic heterocycles. The van der Waals surface area contributed by atoms with Crippen molar-refractivity contribution in [3.63, 3.8) is 0 Å². The number of rotatable bonds is 3. The summed E-state index contributed by atoms with van der Waals surface area (Å²) in [5, 5.41) is 10.8. The smallest absolute Gasteiger partial charge is 0.254 e. The molecule has 3 aliphatic rings. The minimum Gasteiger partial charge on any atom is -0.497 e. The molecular weight excluding hydrogens is 328 g/mol. The van der Waals surface area contributed by atoms with E-state index in [4.69, 9.17) is 4.74 Å². The molecule has 4 rings (SSSR count). The van der Waals surface area contributed by atoms with Crippen molar-refractivity contribution in [2.24, 2.45) is 11.8 Å². The predicted molar refractivity (Wildman–Crippen MR) is 100.0 cm³/mol. The van der Waals surface area contributed by atoms with E-state index in [-0.39, 0.29) is 5.91 Å². The fourth-order valence-electron chi connectivity index (χ4n) is 5.37. The van der Waals surface area contributed by atoms with E-state index in [1.807, 2.05) is 17.0 Å². The lowest BCUT2D eigenvalue weighted by atomic mass is 9.84. The molecule has 2 saturated heterocycles. The number of aliphatic hydroxyl groups is 1. The first-order valence-electron chi connectivity index (χ1n) is 9.88. The van der Waals surface area contributed by atoms with Crippen molar-refractivity contribution in [1.29, 1.82) is 0 Å². The van der Waals surface area contributed by atoms with Gasteiger partial charge in [-0.1, -0.05) is 31.4 Å². The van der Waals surface area contributed by atoms with E-state index in [1.165, 1.54) is 5.56 Å². The van der Waals surface area contributed by atoms with Crippen molar-refractivity contribution >= 4 is 5.91 Å². The lowest BCUT2D eigenvalue weighted by molar-refractivity contribution is -0.154. The number of ether oxygens (including phenoxy) is 1. The van der Waals surface area contributed by atoms with Gasteiger partial charge in [-0.2, -0.15) is 0 Å². The maximum absolute atomic E-state index is 13.0. The molecule has 1 amide bonds. The van der Waals surface area contributed by atoms with E-state index in [0.29, 0.717) is 30.7 Å². The number of carbonyl (C=O) groups excluding carboxylic acids is 1. The molecule has 1 saturated carbocycles. The van der Waals surface area contributed by atoms with Crippen LogP contribution in [0, 0.1) is 11.8 Å². The van der Waals surface area contributed by atoms with Gasteiger partial charge >= 0.3 is 0 Å². The molecule has 2 heterocycles. The molecule has 5 nitrogen and oxygen atoms in total. The number of methoxy groups -OCH3 is 1. The Balaban J connectivity index is 1.50. The second-order valence-corrected chi connectivity index (χ2v) is 8.38. The van der Waals surface area contributed by atoms with Gasteiger partial charge in [-0.05, 0) is 43.5 Å². The molecule has 0 bridgehead atoms. The topological polar surface area (TPSA) is 53.0 Å². The Morgan fingerprint density at radius 2 is 1.81 bits per heavy atom. The van der Waals surface area contributed by atoms with E-state index in [0.717, 1.165) is 44.6 Å². The average molecular weight is 358 g/mol. The molecule has 0 unspecified atom stereocenters. The third-order valence-electron chi connectivity index (χ3n) is 6.72. The number of likely N-dealkylation sites (tertiary alicyclic amines) is 2. The number of nitrogens with zero attached hydrogens (tertiary/aromatic N) is 2. The largest absolute Gasteiger partial charge is 0.497 e. The summed E-state index contributed by atoms with van der Waals surface area (Å²) in [6.07, 6.45) is 4.30. The van der Waals surface area contributed by atoms with Crippen LogP contribution in [0.4, 0.5) is 0 Å². The number of amides is 1. The van der Waals surface area contributed by atoms with Gasteiger partial charge in [0, 0.05) is 31.6 Å². The van der Waals surface area contributed by atoms with Gasteiger partial charge in [0.2, 0.25) is 0 Å². The molecule has 1 aromatic carbocycles. The monoisotopic (exact) mass is 358 g/mol. The van der Waals surface area contributed by atoms with Gasteiger partial charge in [0.1, 0.15) is 11.4 Å². The molecule has 1 aliphatic carbocycles. The Bertz CT molecular complexity index is 654. The molecule has 142 valence electrons. The van der Waals surface area contributed by atoms with E-state index in [9.17, 15) is 9.90 Å². The third kappa shape index (κ3) is 3.01. The van der Waals surface area contributed by atoms with Crippen LogP contribution in [-0.2, 0) is 4.79 Å². The fourth-order valence-corrected chi connectivity index (χ4v) is 5.37. The van der Waals surface area contributed by atoms with E-state index in [1.54, 1.807) is 7.11 Å². The maximum Gasteiger partial charge on any atom is 0.254 e. The van der Waals surface area contributed by atoms with Crippen LogP contribution in [0.25, 0.3) is 0 Å². The molecule has 0 spiro atoms. The Kier molecular flexibility index (Phi) is 4.70. The lowest BCUT2D eigenvalue weighted by Gasteiger charge is -2.35. The minimum absolute atomic E-state index is 0.0252.